The number of ether oxygens (including phenoxy) is 3. The lowest BCUT2D eigenvalue weighted by Gasteiger charge is -2.27. The summed E-state index contributed by atoms with van der Waals surface area (Å²) < 4.78 is 16.4. The highest BCUT2D eigenvalue weighted by Crippen LogP contribution is 2.34. The van der Waals surface area contributed by atoms with Crippen LogP contribution in [0.15, 0.2) is 18.2 Å². The maximum Gasteiger partial charge on any atom is 0.328 e. The Labute approximate surface area is 182 Å². The molecule has 0 aromatic heterocycles. The molecule has 1 aromatic rings. The average molecular weight is 421 g/mol. The van der Waals surface area contributed by atoms with E-state index in [-0.39, 0.29) is 0 Å². The second kappa shape index (κ2) is 14.1. The Kier molecular flexibility index (Phi) is 12.2. The van der Waals surface area contributed by atoms with Crippen LogP contribution in [0.1, 0.15) is 90.5 Å². The molecule has 0 aliphatic heterocycles. The van der Waals surface area contributed by atoms with Crippen molar-refractivity contribution in [2.24, 2.45) is 5.41 Å². The summed E-state index contributed by atoms with van der Waals surface area (Å²) in [6.07, 6.45) is 10.0. The predicted molar refractivity (Wildman–Crippen MR) is 120 cm³/mol. The van der Waals surface area contributed by atoms with Crippen LogP contribution in [0.25, 0.3) is 0 Å². The molecule has 0 amide bonds. The lowest BCUT2D eigenvalue weighted by molar-refractivity contribution is -0.168. The van der Waals surface area contributed by atoms with Crippen LogP contribution in [-0.4, -0.2) is 25.7 Å². The molecule has 0 aliphatic carbocycles. The molecule has 170 valence electrons. The molecule has 0 saturated heterocycles. The highest BCUT2D eigenvalue weighted by Gasteiger charge is 2.46. The number of aryl methyl sites for hydroxylation is 1. The molecule has 0 atom stereocenters. The minimum absolute atomic E-state index is 0.324. The topological polar surface area (TPSA) is 61.8 Å². The van der Waals surface area contributed by atoms with Gasteiger partial charge < -0.3 is 14.2 Å². The summed E-state index contributed by atoms with van der Waals surface area (Å²) in [6.45, 7) is 8.10. The van der Waals surface area contributed by atoms with Gasteiger partial charge in [0, 0.05) is 0 Å². The molecule has 0 N–H and O–H groups in total. The van der Waals surface area contributed by atoms with E-state index in [1.54, 1.807) is 12.1 Å². The fourth-order valence-electron chi connectivity index (χ4n) is 3.51. The average Bonchev–Trinajstić information content (AvgIpc) is 2.74. The number of benzene rings is 1. The van der Waals surface area contributed by atoms with Gasteiger partial charge in [-0.3, -0.25) is 9.59 Å². The predicted octanol–water partition coefficient (Wildman–Crippen LogP) is 6.40. The van der Waals surface area contributed by atoms with Gasteiger partial charge in [0.25, 0.3) is 0 Å². The summed E-state index contributed by atoms with van der Waals surface area (Å²) in [5.41, 5.74) is -0.357. The fourth-order valence-corrected chi connectivity index (χ4v) is 3.51. The lowest BCUT2D eigenvalue weighted by atomic mass is 9.82. The smallest absolute Gasteiger partial charge is 0.328 e. The fraction of sp³-hybridized carbons (Fsp3) is 0.680. The quantitative estimate of drug-likeness (QED) is 0.142. The van der Waals surface area contributed by atoms with Crippen LogP contribution in [0.2, 0.25) is 0 Å². The first-order valence-electron chi connectivity index (χ1n) is 11.5. The summed E-state index contributed by atoms with van der Waals surface area (Å²) in [7, 11) is 1.52. The largest absolute Gasteiger partial charge is 0.493 e. The van der Waals surface area contributed by atoms with Gasteiger partial charge in [0.05, 0.1) is 13.7 Å². The Balaban J connectivity index is 2.60. The van der Waals surface area contributed by atoms with Crippen molar-refractivity contribution in [1.82, 2.24) is 0 Å². The van der Waals surface area contributed by atoms with E-state index in [4.69, 9.17) is 14.2 Å². The molecular weight excluding hydrogens is 380 g/mol. The summed E-state index contributed by atoms with van der Waals surface area (Å²) in [6, 6.07) is 5.36. The number of rotatable bonds is 15. The van der Waals surface area contributed by atoms with Crippen molar-refractivity contribution < 1.29 is 23.8 Å². The molecule has 30 heavy (non-hydrogen) atoms. The zero-order chi connectivity index (χ0) is 22.4. The van der Waals surface area contributed by atoms with E-state index in [0.29, 0.717) is 30.9 Å². The van der Waals surface area contributed by atoms with Gasteiger partial charge in [0.1, 0.15) is 0 Å². The molecule has 0 saturated carbocycles. The van der Waals surface area contributed by atoms with Crippen LogP contribution in [-0.2, 0) is 14.3 Å². The van der Waals surface area contributed by atoms with Gasteiger partial charge in [0.15, 0.2) is 16.9 Å². The normalized spacial score (nSPS) is 11.2. The van der Waals surface area contributed by atoms with Gasteiger partial charge >= 0.3 is 11.9 Å². The van der Waals surface area contributed by atoms with Crippen LogP contribution in [0.3, 0.4) is 0 Å². The molecule has 0 radical (unpaired) electrons. The summed E-state index contributed by atoms with van der Waals surface area (Å²) >= 11 is 0. The van der Waals surface area contributed by atoms with Crippen molar-refractivity contribution >= 4 is 11.9 Å². The molecule has 0 bridgehead atoms. The highest BCUT2D eigenvalue weighted by molar-refractivity contribution is 6.00. The Morgan fingerprint density at radius 1 is 0.833 bits per heavy atom. The Bertz CT molecular complexity index is 649. The van der Waals surface area contributed by atoms with Crippen molar-refractivity contribution in [3.8, 4) is 11.5 Å². The van der Waals surface area contributed by atoms with Crippen molar-refractivity contribution in [1.29, 1.82) is 0 Å². The zero-order valence-electron chi connectivity index (χ0n) is 19.6. The van der Waals surface area contributed by atoms with Crippen LogP contribution >= 0.6 is 0 Å². The maximum absolute atomic E-state index is 13.0. The molecular formula is C25H40O5. The Morgan fingerprint density at radius 2 is 1.43 bits per heavy atom. The summed E-state index contributed by atoms with van der Waals surface area (Å²) in [5.74, 6) is -0.295. The molecule has 5 nitrogen and oxygen atoms in total. The molecule has 0 aliphatic rings. The van der Waals surface area contributed by atoms with Gasteiger partial charge in [-0.05, 0) is 43.9 Å². The standard InChI is InChI=1S/C25H40O5/c1-6-9-10-11-12-13-14-15-18-29-23(26)25(7-2,8-3)24(27)30-22-19-20(4)16-17-21(22)28-5/h16-17,19H,6-15,18H2,1-5H3. The monoisotopic (exact) mass is 420 g/mol. The minimum atomic E-state index is -1.30. The molecule has 1 aromatic carbocycles. The van der Waals surface area contributed by atoms with Gasteiger partial charge in [-0.15, -0.1) is 0 Å². The van der Waals surface area contributed by atoms with Crippen molar-refractivity contribution in [3.63, 3.8) is 0 Å². The van der Waals surface area contributed by atoms with E-state index in [1.165, 1.54) is 39.2 Å². The van der Waals surface area contributed by atoms with Gasteiger partial charge in [0.2, 0.25) is 0 Å². The number of unbranched alkanes of at least 4 members (excludes halogenated alkanes) is 7. The van der Waals surface area contributed by atoms with E-state index >= 15 is 0 Å². The molecule has 5 heteroatoms. The molecule has 0 unspecified atom stereocenters. The molecule has 0 fully saturated rings. The van der Waals surface area contributed by atoms with Gasteiger partial charge in [-0.25, -0.2) is 0 Å². The lowest BCUT2D eigenvalue weighted by Crippen LogP contribution is -2.42. The highest BCUT2D eigenvalue weighted by atomic mass is 16.6. The van der Waals surface area contributed by atoms with E-state index in [1.807, 2.05) is 26.8 Å². The molecule has 0 heterocycles. The molecule has 0 spiro atoms. The van der Waals surface area contributed by atoms with E-state index < -0.39 is 17.4 Å². The minimum Gasteiger partial charge on any atom is -0.493 e. The van der Waals surface area contributed by atoms with Gasteiger partial charge in [-0.1, -0.05) is 71.8 Å². The van der Waals surface area contributed by atoms with Crippen molar-refractivity contribution in [2.75, 3.05) is 13.7 Å². The summed E-state index contributed by atoms with van der Waals surface area (Å²) in [5, 5.41) is 0. The first-order chi connectivity index (χ1) is 14.4. The number of carbonyl (C=O) groups is 2. The van der Waals surface area contributed by atoms with Crippen LogP contribution in [0, 0.1) is 12.3 Å². The van der Waals surface area contributed by atoms with Crippen LogP contribution in [0.4, 0.5) is 0 Å². The van der Waals surface area contributed by atoms with Gasteiger partial charge in [-0.2, -0.15) is 0 Å². The number of esters is 2. The number of hydrogen-bond acceptors (Lipinski definition) is 5. The zero-order valence-corrected chi connectivity index (χ0v) is 19.6. The summed E-state index contributed by atoms with van der Waals surface area (Å²) in [4.78, 5) is 25.8. The molecule has 1 rings (SSSR count). The van der Waals surface area contributed by atoms with E-state index in [2.05, 4.69) is 6.92 Å². The Morgan fingerprint density at radius 3 is 2.00 bits per heavy atom. The van der Waals surface area contributed by atoms with E-state index in [0.717, 1.165) is 24.8 Å². The second-order valence-corrected chi connectivity index (χ2v) is 7.94. The maximum atomic E-state index is 13.0. The SMILES string of the molecule is CCCCCCCCCCOC(=O)C(CC)(CC)C(=O)Oc1cc(C)ccc1OC. The van der Waals surface area contributed by atoms with Crippen LogP contribution in [0.5, 0.6) is 11.5 Å². The third-order valence-electron chi connectivity index (χ3n) is 5.74. The van der Waals surface area contributed by atoms with Crippen molar-refractivity contribution in [2.45, 2.75) is 91.9 Å². The Hall–Kier alpha value is -2.04. The second-order valence-electron chi connectivity index (χ2n) is 7.94. The number of carbonyl (C=O) groups excluding carboxylic acids is 2. The van der Waals surface area contributed by atoms with Crippen LogP contribution < -0.4 is 9.47 Å². The first-order valence-corrected chi connectivity index (χ1v) is 11.5. The number of hydrogen-bond donors (Lipinski definition) is 0. The third kappa shape index (κ3) is 7.66. The number of methoxy groups -OCH3 is 1. The van der Waals surface area contributed by atoms with Crippen molar-refractivity contribution in [3.05, 3.63) is 23.8 Å². The van der Waals surface area contributed by atoms with E-state index in [9.17, 15) is 9.59 Å². The first kappa shape index (κ1) is 26.0. The third-order valence-corrected chi connectivity index (χ3v) is 5.74.